The molecule has 1 amide bonds. The highest BCUT2D eigenvalue weighted by molar-refractivity contribution is 5.78. The second kappa shape index (κ2) is 7.27. The van der Waals surface area contributed by atoms with E-state index in [9.17, 15) is 4.79 Å². The first kappa shape index (κ1) is 17.9. The number of rotatable bonds is 4. The first-order valence-electron chi connectivity index (χ1n) is 9.48. The Labute approximate surface area is 159 Å². The van der Waals surface area contributed by atoms with Crippen molar-refractivity contribution >= 4 is 5.91 Å². The van der Waals surface area contributed by atoms with Crippen LogP contribution in [0.25, 0.3) is 11.3 Å². The van der Waals surface area contributed by atoms with E-state index < -0.39 is 0 Å². The minimum absolute atomic E-state index is 0.0146. The van der Waals surface area contributed by atoms with Crippen molar-refractivity contribution < 1.29 is 14.3 Å². The summed E-state index contributed by atoms with van der Waals surface area (Å²) in [7, 11) is 0. The molecule has 1 N–H and O–H groups in total. The number of fused-ring (bicyclic) bond motifs is 1. The molecule has 2 atom stereocenters. The fourth-order valence-corrected chi connectivity index (χ4v) is 3.86. The number of nitrogens with zero attached hydrogens (tertiary/aromatic N) is 2. The van der Waals surface area contributed by atoms with Gasteiger partial charge in [0.15, 0.2) is 0 Å². The molecule has 3 heterocycles. The monoisotopic (exact) mass is 367 g/mol. The van der Waals surface area contributed by atoms with Crippen molar-refractivity contribution in [2.24, 2.45) is 5.92 Å². The molecule has 1 aromatic carbocycles. The fraction of sp³-hybridized carbons (Fsp3) is 0.476. The number of carbonyl (C=O) groups is 1. The van der Waals surface area contributed by atoms with Crippen molar-refractivity contribution in [3.05, 3.63) is 42.4 Å². The molecule has 27 heavy (non-hydrogen) atoms. The average Bonchev–Trinajstić information content (AvgIpc) is 3.08. The Balaban J connectivity index is 1.34. The summed E-state index contributed by atoms with van der Waals surface area (Å²) in [6.45, 7) is 5.24. The largest absolute Gasteiger partial charge is 0.488 e. The number of hydrogen-bond donors (Lipinski definition) is 1. The first-order chi connectivity index (χ1) is 13.0. The molecule has 1 saturated heterocycles. The van der Waals surface area contributed by atoms with Gasteiger partial charge in [0.25, 0.3) is 0 Å². The van der Waals surface area contributed by atoms with Gasteiger partial charge in [-0.1, -0.05) is 0 Å². The molecule has 0 aliphatic carbocycles. The van der Waals surface area contributed by atoms with Crippen molar-refractivity contribution in [3.8, 4) is 17.0 Å². The molecule has 1 fully saturated rings. The third kappa shape index (κ3) is 4.11. The zero-order valence-corrected chi connectivity index (χ0v) is 15.8. The van der Waals surface area contributed by atoms with Crippen LogP contribution in [0.2, 0.25) is 0 Å². The normalized spacial score (nSPS) is 23.3. The molecule has 0 bridgehead atoms. The van der Waals surface area contributed by atoms with E-state index in [1.807, 2.05) is 26.0 Å². The highest BCUT2D eigenvalue weighted by Crippen LogP contribution is 2.32. The van der Waals surface area contributed by atoms with Gasteiger partial charge in [-0.25, -0.2) is 0 Å². The average molecular weight is 367 g/mol. The van der Waals surface area contributed by atoms with Gasteiger partial charge in [-0.2, -0.15) is 0 Å². The number of ether oxygens (including phenoxy) is 2. The van der Waals surface area contributed by atoms with Crippen molar-refractivity contribution in [1.29, 1.82) is 0 Å². The van der Waals surface area contributed by atoms with Crippen molar-refractivity contribution in [1.82, 2.24) is 15.3 Å². The van der Waals surface area contributed by atoms with Crippen LogP contribution in [0.4, 0.5) is 0 Å². The van der Waals surface area contributed by atoms with Gasteiger partial charge in [0.05, 0.1) is 24.0 Å². The molecule has 6 heteroatoms. The minimum atomic E-state index is -0.225. The third-order valence-electron chi connectivity index (χ3n) is 5.23. The molecule has 142 valence electrons. The summed E-state index contributed by atoms with van der Waals surface area (Å²) in [6, 6.07) is 6.07. The maximum absolute atomic E-state index is 12.5. The molecule has 0 saturated carbocycles. The van der Waals surface area contributed by atoms with E-state index in [1.165, 1.54) is 0 Å². The quantitative estimate of drug-likeness (QED) is 0.900. The minimum Gasteiger partial charge on any atom is -0.488 e. The number of carbonyl (C=O) groups excluding carboxylic acids is 1. The molecular formula is C21H25N3O3. The molecule has 6 nitrogen and oxygen atoms in total. The molecule has 4 rings (SSSR count). The predicted octanol–water partition coefficient (Wildman–Crippen LogP) is 2.77. The second-order valence-electron chi connectivity index (χ2n) is 7.90. The number of benzene rings is 1. The van der Waals surface area contributed by atoms with Crippen LogP contribution in [0.5, 0.6) is 5.75 Å². The molecule has 0 radical (unpaired) electrons. The molecule has 2 aliphatic rings. The van der Waals surface area contributed by atoms with E-state index in [4.69, 9.17) is 9.47 Å². The van der Waals surface area contributed by atoms with Crippen molar-refractivity contribution in [2.75, 3.05) is 13.2 Å². The summed E-state index contributed by atoms with van der Waals surface area (Å²) in [5.41, 5.74) is 2.79. The van der Waals surface area contributed by atoms with Crippen LogP contribution >= 0.6 is 0 Å². The van der Waals surface area contributed by atoms with Crippen LogP contribution in [0.1, 0.15) is 32.3 Å². The zero-order valence-electron chi connectivity index (χ0n) is 15.8. The first-order valence-corrected chi connectivity index (χ1v) is 9.48. The van der Waals surface area contributed by atoms with E-state index in [-0.39, 0.29) is 23.5 Å². The van der Waals surface area contributed by atoms with E-state index in [1.54, 1.807) is 18.6 Å². The molecular weight excluding hydrogens is 342 g/mol. The highest BCUT2D eigenvalue weighted by Gasteiger charge is 2.33. The Kier molecular flexibility index (Phi) is 4.83. The van der Waals surface area contributed by atoms with E-state index in [0.717, 1.165) is 41.8 Å². The van der Waals surface area contributed by atoms with Crippen LogP contribution < -0.4 is 10.1 Å². The third-order valence-corrected chi connectivity index (χ3v) is 5.23. The van der Waals surface area contributed by atoms with Crippen LogP contribution in [0.3, 0.4) is 0 Å². The Hall–Kier alpha value is -2.47. The van der Waals surface area contributed by atoms with Gasteiger partial charge < -0.3 is 14.8 Å². The van der Waals surface area contributed by atoms with Gasteiger partial charge in [0.2, 0.25) is 5.91 Å². The summed E-state index contributed by atoms with van der Waals surface area (Å²) in [6.07, 6.45) is 7.39. The Morgan fingerprint density at radius 3 is 3.00 bits per heavy atom. The van der Waals surface area contributed by atoms with E-state index >= 15 is 0 Å². The Bertz CT molecular complexity index is 823. The topological polar surface area (TPSA) is 73.3 Å². The maximum atomic E-state index is 12.5. The smallest absolute Gasteiger partial charge is 0.223 e. The molecule has 2 unspecified atom stereocenters. The molecule has 0 spiro atoms. The van der Waals surface area contributed by atoms with Crippen LogP contribution in [0.15, 0.2) is 36.8 Å². The van der Waals surface area contributed by atoms with Crippen LogP contribution in [-0.4, -0.2) is 40.7 Å². The summed E-state index contributed by atoms with van der Waals surface area (Å²) in [5, 5.41) is 3.07. The number of aromatic nitrogens is 2. The lowest BCUT2D eigenvalue weighted by Crippen LogP contribution is -2.43. The molecule has 2 aliphatic heterocycles. The lowest BCUT2D eigenvalue weighted by atomic mass is 9.88. The Morgan fingerprint density at radius 1 is 1.33 bits per heavy atom. The zero-order chi connectivity index (χ0) is 18.9. The van der Waals surface area contributed by atoms with Crippen molar-refractivity contribution in [3.63, 3.8) is 0 Å². The van der Waals surface area contributed by atoms with Gasteiger partial charge in [-0.15, -0.1) is 0 Å². The lowest BCUT2D eigenvalue weighted by molar-refractivity contribution is -0.135. The predicted molar refractivity (Wildman–Crippen MR) is 101 cm³/mol. The van der Waals surface area contributed by atoms with Crippen molar-refractivity contribution in [2.45, 2.75) is 44.8 Å². The maximum Gasteiger partial charge on any atom is 0.223 e. The van der Waals surface area contributed by atoms with Gasteiger partial charge in [0, 0.05) is 36.9 Å². The summed E-state index contributed by atoms with van der Waals surface area (Å²) >= 11 is 0. The summed E-state index contributed by atoms with van der Waals surface area (Å²) < 4.78 is 11.7. The van der Waals surface area contributed by atoms with Crippen LogP contribution in [0, 0.1) is 5.92 Å². The van der Waals surface area contributed by atoms with Crippen LogP contribution in [-0.2, 0) is 16.0 Å². The number of amides is 1. The summed E-state index contributed by atoms with van der Waals surface area (Å²) in [5.74, 6) is 1.00. The fourth-order valence-electron chi connectivity index (χ4n) is 3.86. The lowest BCUT2D eigenvalue weighted by Gasteiger charge is -2.34. The summed E-state index contributed by atoms with van der Waals surface area (Å²) in [4.78, 5) is 21.0. The number of hydrogen-bond acceptors (Lipinski definition) is 5. The van der Waals surface area contributed by atoms with Gasteiger partial charge in [-0.3, -0.25) is 14.8 Å². The van der Waals surface area contributed by atoms with Gasteiger partial charge in [-0.05, 0) is 50.5 Å². The van der Waals surface area contributed by atoms with E-state index in [2.05, 4.69) is 21.4 Å². The van der Waals surface area contributed by atoms with Gasteiger partial charge >= 0.3 is 0 Å². The standard InChI is InChI=1S/C21H25N3O3/c1-21(2)11-15(5-8-26-21)20(25)24-12-17-10-16-9-14(3-4-19(16)27-17)18-13-22-6-7-23-18/h3-4,6-7,9,13,15,17H,5,8,10-12H2,1-2H3,(H,24,25). The van der Waals surface area contributed by atoms with E-state index in [0.29, 0.717) is 13.2 Å². The second-order valence-corrected chi connectivity index (χ2v) is 7.90. The Morgan fingerprint density at radius 2 is 2.22 bits per heavy atom. The number of nitrogens with one attached hydrogen (secondary N) is 1. The molecule has 2 aromatic rings. The SMILES string of the molecule is CC1(C)CC(C(=O)NCC2Cc3cc(-c4cnccn4)ccc3O2)CCO1. The van der Waals surface area contributed by atoms with Gasteiger partial charge in [0.1, 0.15) is 11.9 Å². The molecule has 1 aromatic heterocycles. The highest BCUT2D eigenvalue weighted by atomic mass is 16.5.